The molecule has 1 aliphatic rings. The van der Waals surface area contributed by atoms with Gasteiger partial charge in [-0.25, -0.2) is 18.4 Å². The highest BCUT2D eigenvalue weighted by molar-refractivity contribution is 6.47. The maximum Gasteiger partial charge on any atom is 0.547 e. The molecule has 176 valence electrons. The molecule has 9 nitrogen and oxygen atoms in total. The smallest absolute Gasteiger partial charge is 0.534 e. The Balaban J connectivity index is 1.93. The predicted octanol–water partition coefficient (Wildman–Crippen LogP) is 2.63. The molecule has 1 aromatic rings. The third-order valence-corrected chi connectivity index (χ3v) is 4.56. The van der Waals surface area contributed by atoms with Crippen LogP contribution in [0.15, 0.2) is 18.2 Å². The van der Waals surface area contributed by atoms with Crippen LogP contribution in [0.25, 0.3) is 0 Å². The van der Waals surface area contributed by atoms with E-state index in [1.54, 1.807) is 12.1 Å². The Bertz CT molecular complexity index is 817. The number of benzene rings is 1. The van der Waals surface area contributed by atoms with Gasteiger partial charge in [-0.1, -0.05) is 25.5 Å². The van der Waals surface area contributed by atoms with Gasteiger partial charge in [0.15, 0.2) is 0 Å². The van der Waals surface area contributed by atoms with E-state index in [4.69, 9.17) is 14.1 Å². The first-order valence-electron chi connectivity index (χ1n) is 10.2. The molecule has 0 bridgehead atoms. The van der Waals surface area contributed by atoms with Crippen molar-refractivity contribution in [3.63, 3.8) is 0 Å². The van der Waals surface area contributed by atoms with Gasteiger partial charge in [0.2, 0.25) is 18.6 Å². The second-order valence-electron chi connectivity index (χ2n) is 7.40. The summed E-state index contributed by atoms with van der Waals surface area (Å²) >= 11 is 0. The van der Waals surface area contributed by atoms with Crippen molar-refractivity contribution in [2.75, 3.05) is 13.4 Å². The summed E-state index contributed by atoms with van der Waals surface area (Å²) in [5.74, 6) is -5.31. The third kappa shape index (κ3) is 7.99. The number of ether oxygens (including phenoxy) is 3. The van der Waals surface area contributed by atoms with Gasteiger partial charge in [-0.2, -0.15) is 0 Å². The second kappa shape index (κ2) is 11.7. The van der Waals surface area contributed by atoms with E-state index < -0.39 is 56.6 Å². The van der Waals surface area contributed by atoms with Crippen LogP contribution < -0.4 is 9.97 Å². The van der Waals surface area contributed by atoms with E-state index >= 15 is 0 Å². The molecule has 1 aliphatic heterocycles. The fourth-order valence-electron chi connectivity index (χ4n) is 2.87. The molecule has 0 aliphatic carbocycles. The lowest BCUT2D eigenvalue weighted by Crippen LogP contribution is -2.53. The molecule has 32 heavy (non-hydrogen) atoms. The zero-order valence-electron chi connectivity index (χ0n) is 17.9. The summed E-state index contributed by atoms with van der Waals surface area (Å²) in [6.45, 7) is 2.17. The first-order valence-corrected chi connectivity index (χ1v) is 10.2. The zero-order valence-corrected chi connectivity index (χ0v) is 17.9. The molecule has 0 aromatic heterocycles. The highest BCUT2D eigenvalue weighted by atomic mass is 19.3. The summed E-state index contributed by atoms with van der Waals surface area (Å²) in [7, 11) is -1.51. The van der Waals surface area contributed by atoms with Gasteiger partial charge in [0.25, 0.3) is 0 Å². The van der Waals surface area contributed by atoms with Gasteiger partial charge in [0.1, 0.15) is 11.3 Å². The fourth-order valence-corrected chi connectivity index (χ4v) is 2.87. The highest BCUT2D eigenvalue weighted by Crippen LogP contribution is 2.30. The van der Waals surface area contributed by atoms with Crippen LogP contribution in [-0.2, 0) is 25.4 Å². The number of halogens is 2. The summed E-state index contributed by atoms with van der Waals surface area (Å²) in [6, 6.07) is 4.57. The lowest BCUT2D eigenvalue weighted by Gasteiger charge is -2.29. The summed E-state index contributed by atoms with van der Waals surface area (Å²) in [4.78, 5) is 35.6. The van der Waals surface area contributed by atoms with Crippen LogP contribution in [0.5, 0.6) is 5.75 Å². The van der Waals surface area contributed by atoms with Crippen LogP contribution in [0.2, 0.25) is 0 Å². The van der Waals surface area contributed by atoms with Crippen LogP contribution in [0.3, 0.4) is 0 Å². The third-order valence-electron chi connectivity index (χ3n) is 4.56. The molecular weight excluding hydrogens is 431 g/mol. The number of carbonyl (C=O) groups excluding carboxylic acids is 3. The summed E-state index contributed by atoms with van der Waals surface area (Å²) < 4.78 is 45.6. The number of para-hydroxylation sites is 1. The number of fused-ring (bicyclic) bond motifs is 1. The van der Waals surface area contributed by atoms with Crippen LogP contribution >= 0.6 is 0 Å². The van der Waals surface area contributed by atoms with Gasteiger partial charge in [0, 0.05) is 12.8 Å². The number of carbonyl (C=O) groups is 3. The molecule has 0 saturated carbocycles. The summed E-state index contributed by atoms with van der Waals surface area (Å²) in [5.41, 5.74) is 0.482. The SMILES string of the molecule is CCCCOC(=O)OCOC(=O)c1cccc2c1OB(O)[C@@H](NC(=O)CCC(C)(F)F)C2. The Kier molecular flexibility index (Phi) is 9.24. The van der Waals surface area contributed by atoms with Crippen molar-refractivity contribution in [2.45, 2.75) is 57.8 Å². The van der Waals surface area contributed by atoms with Crippen LogP contribution in [0, 0.1) is 0 Å². The van der Waals surface area contributed by atoms with E-state index in [2.05, 4.69) is 10.1 Å². The van der Waals surface area contributed by atoms with Crippen molar-refractivity contribution in [1.82, 2.24) is 5.32 Å². The molecule has 1 atom stereocenters. The molecule has 12 heteroatoms. The van der Waals surface area contributed by atoms with Crippen molar-refractivity contribution in [2.24, 2.45) is 0 Å². The average molecular weight is 457 g/mol. The Morgan fingerprint density at radius 2 is 2.03 bits per heavy atom. The number of esters is 1. The minimum atomic E-state index is -2.98. The Morgan fingerprint density at radius 1 is 1.28 bits per heavy atom. The van der Waals surface area contributed by atoms with E-state index in [-0.39, 0.29) is 24.3 Å². The van der Waals surface area contributed by atoms with E-state index in [0.29, 0.717) is 12.0 Å². The van der Waals surface area contributed by atoms with Gasteiger partial charge in [-0.15, -0.1) is 0 Å². The van der Waals surface area contributed by atoms with Crippen LogP contribution in [0.4, 0.5) is 13.6 Å². The summed E-state index contributed by atoms with van der Waals surface area (Å²) in [6.07, 6.45) is -0.376. The molecule has 0 saturated heterocycles. The number of hydrogen-bond donors (Lipinski definition) is 2. The van der Waals surface area contributed by atoms with Crippen molar-refractivity contribution in [3.05, 3.63) is 29.3 Å². The molecular formula is C20H26BF2NO8. The maximum absolute atomic E-state index is 12.9. The van der Waals surface area contributed by atoms with E-state index in [0.717, 1.165) is 13.3 Å². The first-order chi connectivity index (χ1) is 15.1. The van der Waals surface area contributed by atoms with Gasteiger partial charge < -0.3 is 29.2 Å². The lowest BCUT2D eigenvalue weighted by atomic mass is 9.72. The van der Waals surface area contributed by atoms with Crippen molar-refractivity contribution >= 4 is 25.2 Å². The topological polar surface area (TPSA) is 120 Å². The molecule has 2 N–H and O–H groups in total. The largest absolute Gasteiger partial charge is 0.547 e. The normalized spacial score (nSPS) is 15.3. The maximum atomic E-state index is 12.9. The van der Waals surface area contributed by atoms with E-state index in [9.17, 15) is 28.2 Å². The molecule has 0 spiro atoms. The standard InChI is InChI=1S/C20H26BF2NO8/c1-3-4-10-29-19(27)31-12-30-18(26)14-7-5-6-13-11-15(21(28)32-17(13)14)24-16(25)8-9-20(2,22)23/h5-7,15,28H,3-4,8-12H2,1-2H3,(H,24,25)/t15-/m0/s1. The molecule has 0 radical (unpaired) electrons. The number of rotatable bonds is 10. The quantitative estimate of drug-likeness (QED) is 0.238. The monoisotopic (exact) mass is 457 g/mol. The van der Waals surface area contributed by atoms with Gasteiger partial charge in [-0.3, -0.25) is 4.79 Å². The predicted molar refractivity (Wildman–Crippen MR) is 108 cm³/mol. The Labute approximate surface area is 184 Å². The molecule has 1 heterocycles. The molecule has 1 amide bonds. The zero-order chi connectivity index (χ0) is 23.7. The van der Waals surface area contributed by atoms with Crippen LogP contribution in [-0.4, -0.2) is 55.4 Å². The number of hydrogen-bond acceptors (Lipinski definition) is 8. The lowest BCUT2D eigenvalue weighted by molar-refractivity contribution is -0.123. The first kappa shape index (κ1) is 25.4. The van der Waals surface area contributed by atoms with E-state index in [1.807, 2.05) is 6.92 Å². The minimum absolute atomic E-state index is 0.0140. The Hall–Kier alpha value is -2.89. The van der Waals surface area contributed by atoms with Crippen molar-refractivity contribution < 1.29 is 47.1 Å². The highest BCUT2D eigenvalue weighted by Gasteiger charge is 2.38. The molecule has 1 aromatic carbocycles. The second-order valence-corrected chi connectivity index (χ2v) is 7.40. The van der Waals surface area contributed by atoms with Gasteiger partial charge in [-0.05, 0) is 31.4 Å². The fraction of sp³-hybridized carbons (Fsp3) is 0.550. The molecule has 0 unspecified atom stereocenters. The number of amides is 1. The minimum Gasteiger partial charge on any atom is -0.534 e. The van der Waals surface area contributed by atoms with E-state index in [1.165, 1.54) is 6.07 Å². The number of alkyl halides is 2. The Morgan fingerprint density at radius 3 is 2.72 bits per heavy atom. The molecule has 2 rings (SSSR count). The summed E-state index contributed by atoms with van der Waals surface area (Å²) in [5, 5.41) is 12.7. The number of unbranched alkanes of at least 4 members (excludes halogenated alkanes) is 1. The van der Waals surface area contributed by atoms with Crippen LogP contribution in [0.1, 0.15) is 55.5 Å². The van der Waals surface area contributed by atoms with Crippen molar-refractivity contribution in [1.29, 1.82) is 0 Å². The van der Waals surface area contributed by atoms with Gasteiger partial charge >= 0.3 is 19.2 Å². The van der Waals surface area contributed by atoms with Gasteiger partial charge in [0.05, 0.1) is 12.5 Å². The number of nitrogens with one attached hydrogen (secondary N) is 1. The molecule has 0 fully saturated rings. The average Bonchev–Trinajstić information content (AvgIpc) is 2.72. The van der Waals surface area contributed by atoms with Crippen molar-refractivity contribution in [3.8, 4) is 5.75 Å².